The number of rotatable bonds is 4. The Kier molecular flexibility index (Phi) is 5.14. The van der Waals surface area contributed by atoms with E-state index < -0.39 is 0 Å². The maximum atomic E-state index is 11.7. The molecule has 1 saturated heterocycles. The molecule has 0 aliphatic carbocycles. The molecule has 0 aromatic rings. The SMILES string of the molecule is CC(=O)N1CCC(NC(=O)CCC(C)(C)N)CC1. The molecule has 3 N–H and O–H groups in total. The van der Waals surface area contributed by atoms with Gasteiger partial charge in [-0.2, -0.15) is 0 Å². The minimum Gasteiger partial charge on any atom is -0.353 e. The van der Waals surface area contributed by atoms with E-state index in [1.54, 1.807) is 6.92 Å². The predicted molar refractivity (Wildman–Crippen MR) is 70.9 cm³/mol. The van der Waals surface area contributed by atoms with Crippen LogP contribution in [0.5, 0.6) is 0 Å². The van der Waals surface area contributed by atoms with Gasteiger partial charge in [0.2, 0.25) is 11.8 Å². The van der Waals surface area contributed by atoms with Gasteiger partial charge in [-0.3, -0.25) is 9.59 Å². The van der Waals surface area contributed by atoms with Gasteiger partial charge in [0.1, 0.15) is 0 Å². The molecule has 2 amide bonds. The standard InChI is InChI=1S/C13H25N3O2/c1-10(17)16-8-5-11(6-9-16)15-12(18)4-7-13(2,3)14/h11H,4-9,14H2,1-3H3,(H,15,18). The average Bonchev–Trinajstić information content (AvgIpc) is 2.26. The Morgan fingerprint density at radius 3 is 2.33 bits per heavy atom. The zero-order valence-corrected chi connectivity index (χ0v) is 11.7. The number of hydrogen-bond acceptors (Lipinski definition) is 3. The Morgan fingerprint density at radius 2 is 1.89 bits per heavy atom. The first kappa shape index (κ1) is 15.0. The molecule has 0 atom stereocenters. The van der Waals surface area contributed by atoms with E-state index in [1.165, 1.54) is 0 Å². The van der Waals surface area contributed by atoms with E-state index in [9.17, 15) is 9.59 Å². The van der Waals surface area contributed by atoms with Crippen molar-refractivity contribution in [1.82, 2.24) is 10.2 Å². The summed E-state index contributed by atoms with van der Waals surface area (Å²) < 4.78 is 0. The lowest BCUT2D eigenvalue weighted by atomic mass is 9.99. The lowest BCUT2D eigenvalue weighted by Crippen LogP contribution is -2.46. The van der Waals surface area contributed by atoms with Gasteiger partial charge in [-0.25, -0.2) is 0 Å². The van der Waals surface area contributed by atoms with Crippen molar-refractivity contribution in [3.8, 4) is 0 Å². The highest BCUT2D eigenvalue weighted by atomic mass is 16.2. The van der Waals surface area contributed by atoms with Gasteiger partial charge < -0.3 is 16.0 Å². The van der Waals surface area contributed by atoms with Gasteiger partial charge in [-0.05, 0) is 33.1 Å². The first-order valence-corrected chi connectivity index (χ1v) is 6.62. The Bertz CT molecular complexity index is 302. The summed E-state index contributed by atoms with van der Waals surface area (Å²) in [5.74, 6) is 0.180. The molecular formula is C13H25N3O2. The van der Waals surface area contributed by atoms with Crippen LogP contribution in [-0.4, -0.2) is 41.4 Å². The number of nitrogens with zero attached hydrogens (tertiary/aromatic N) is 1. The molecule has 0 aromatic carbocycles. The van der Waals surface area contributed by atoms with Crippen molar-refractivity contribution >= 4 is 11.8 Å². The molecule has 104 valence electrons. The highest BCUT2D eigenvalue weighted by Crippen LogP contribution is 2.12. The van der Waals surface area contributed by atoms with E-state index in [0.29, 0.717) is 12.8 Å². The van der Waals surface area contributed by atoms with Gasteiger partial charge in [-0.1, -0.05) is 0 Å². The van der Waals surface area contributed by atoms with Gasteiger partial charge in [-0.15, -0.1) is 0 Å². The second-order valence-corrected chi connectivity index (χ2v) is 5.84. The van der Waals surface area contributed by atoms with Crippen molar-refractivity contribution < 1.29 is 9.59 Å². The summed E-state index contributed by atoms with van der Waals surface area (Å²) in [6.45, 7) is 6.91. The van der Waals surface area contributed by atoms with Crippen LogP contribution in [0.1, 0.15) is 46.5 Å². The second kappa shape index (κ2) is 6.18. The lowest BCUT2D eigenvalue weighted by molar-refractivity contribution is -0.130. The van der Waals surface area contributed by atoms with Gasteiger partial charge in [0, 0.05) is 38.0 Å². The molecule has 0 aromatic heterocycles. The van der Waals surface area contributed by atoms with Crippen LogP contribution in [0.25, 0.3) is 0 Å². The third kappa shape index (κ3) is 5.49. The summed E-state index contributed by atoms with van der Waals surface area (Å²) in [6, 6.07) is 0.203. The van der Waals surface area contributed by atoms with Crippen LogP contribution >= 0.6 is 0 Å². The van der Waals surface area contributed by atoms with Crippen LogP contribution in [0.2, 0.25) is 0 Å². The predicted octanol–water partition coefficient (Wildman–Crippen LogP) is 0.631. The number of hydrogen-bond donors (Lipinski definition) is 2. The molecule has 1 heterocycles. The van der Waals surface area contributed by atoms with E-state index in [0.717, 1.165) is 25.9 Å². The zero-order chi connectivity index (χ0) is 13.8. The molecule has 1 rings (SSSR count). The van der Waals surface area contributed by atoms with E-state index in [1.807, 2.05) is 18.7 Å². The summed E-state index contributed by atoms with van der Waals surface area (Å²) in [5.41, 5.74) is 5.55. The van der Waals surface area contributed by atoms with Crippen molar-refractivity contribution in [2.75, 3.05) is 13.1 Å². The molecule has 5 heteroatoms. The van der Waals surface area contributed by atoms with Gasteiger partial charge in [0.05, 0.1) is 0 Å². The first-order chi connectivity index (χ1) is 8.28. The van der Waals surface area contributed by atoms with Crippen molar-refractivity contribution in [1.29, 1.82) is 0 Å². The molecule has 1 fully saturated rings. The molecule has 1 aliphatic rings. The van der Waals surface area contributed by atoms with Crippen molar-refractivity contribution in [2.45, 2.75) is 58.0 Å². The third-order valence-corrected chi connectivity index (χ3v) is 3.30. The monoisotopic (exact) mass is 255 g/mol. The summed E-state index contributed by atoms with van der Waals surface area (Å²) in [5, 5.41) is 3.02. The Morgan fingerprint density at radius 1 is 1.33 bits per heavy atom. The first-order valence-electron chi connectivity index (χ1n) is 6.62. The summed E-state index contributed by atoms with van der Waals surface area (Å²) in [7, 11) is 0. The fourth-order valence-electron chi connectivity index (χ4n) is 2.07. The molecule has 1 aliphatic heterocycles. The van der Waals surface area contributed by atoms with Crippen LogP contribution in [0.3, 0.4) is 0 Å². The highest BCUT2D eigenvalue weighted by Gasteiger charge is 2.22. The van der Waals surface area contributed by atoms with Gasteiger partial charge in [0.15, 0.2) is 0 Å². The fraction of sp³-hybridized carbons (Fsp3) is 0.846. The molecule has 0 saturated carbocycles. The number of carbonyl (C=O) groups excluding carboxylic acids is 2. The topological polar surface area (TPSA) is 75.4 Å². The number of carbonyl (C=O) groups is 2. The van der Waals surface area contributed by atoms with E-state index in [-0.39, 0.29) is 23.4 Å². The molecule has 18 heavy (non-hydrogen) atoms. The van der Waals surface area contributed by atoms with Crippen molar-refractivity contribution in [3.63, 3.8) is 0 Å². The van der Waals surface area contributed by atoms with Gasteiger partial charge >= 0.3 is 0 Å². The maximum absolute atomic E-state index is 11.7. The van der Waals surface area contributed by atoms with E-state index in [2.05, 4.69) is 5.32 Å². The lowest BCUT2D eigenvalue weighted by Gasteiger charge is -2.31. The minimum absolute atomic E-state index is 0.0646. The van der Waals surface area contributed by atoms with Crippen LogP contribution in [0.15, 0.2) is 0 Å². The Labute approximate surface area is 109 Å². The quantitative estimate of drug-likeness (QED) is 0.773. The normalized spacial score (nSPS) is 17.7. The molecule has 0 unspecified atom stereocenters. The van der Waals surface area contributed by atoms with Crippen LogP contribution in [-0.2, 0) is 9.59 Å². The highest BCUT2D eigenvalue weighted by molar-refractivity contribution is 5.76. The third-order valence-electron chi connectivity index (χ3n) is 3.30. The summed E-state index contributed by atoms with van der Waals surface area (Å²) in [4.78, 5) is 24.7. The second-order valence-electron chi connectivity index (χ2n) is 5.84. The Hall–Kier alpha value is -1.10. The number of amides is 2. The molecule has 5 nitrogen and oxygen atoms in total. The molecular weight excluding hydrogens is 230 g/mol. The summed E-state index contributed by atoms with van der Waals surface area (Å²) in [6.07, 6.45) is 2.84. The number of piperidine rings is 1. The molecule has 0 bridgehead atoms. The number of nitrogens with one attached hydrogen (secondary N) is 1. The Balaban J connectivity index is 2.24. The number of likely N-dealkylation sites (tertiary alicyclic amines) is 1. The average molecular weight is 255 g/mol. The van der Waals surface area contributed by atoms with E-state index >= 15 is 0 Å². The number of nitrogens with two attached hydrogens (primary N) is 1. The van der Waals surface area contributed by atoms with Crippen LogP contribution < -0.4 is 11.1 Å². The van der Waals surface area contributed by atoms with Gasteiger partial charge in [0.25, 0.3) is 0 Å². The van der Waals surface area contributed by atoms with Crippen LogP contribution in [0, 0.1) is 0 Å². The van der Waals surface area contributed by atoms with Crippen molar-refractivity contribution in [2.24, 2.45) is 5.73 Å². The van der Waals surface area contributed by atoms with Crippen LogP contribution in [0.4, 0.5) is 0 Å². The fourth-order valence-corrected chi connectivity index (χ4v) is 2.07. The molecule has 0 radical (unpaired) electrons. The van der Waals surface area contributed by atoms with E-state index in [4.69, 9.17) is 5.73 Å². The molecule has 0 spiro atoms. The summed E-state index contributed by atoms with van der Waals surface area (Å²) >= 11 is 0. The minimum atomic E-state index is -0.296. The van der Waals surface area contributed by atoms with Crippen molar-refractivity contribution in [3.05, 3.63) is 0 Å². The largest absolute Gasteiger partial charge is 0.353 e. The zero-order valence-electron chi connectivity index (χ0n) is 11.7. The smallest absolute Gasteiger partial charge is 0.220 e. The maximum Gasteiger partial charge on any atom is 0.220 e.